The second kappa shape index (κ2) is 11.4. The number of nitrogens with zero attached hydrogens (tertiary/aromatic N) is 4. The summed E-state index contributed by atoms with van der Waals surface area (Å²) in [6.45, 7) is 1.74. The first-order valence-corrected chi connectivity index (χ1v) is 11.6. The van der Waals surface area contributed by atoms with E-state index in [0.29, 0.717) is 43.1 Å². The van der Waals surface area contributed by atoms with Crippen LogP contribution in [0.2, 0.25) is 0 Å². The third kappa shape index (κ3) is 6.46. The Morgan fingerprint density at radius 2 is 1.95 bits per heavy atom. The maximum atomic E-state index is 13.2. The predicted molar refractivity (Wildman–Crippen MR) is 124 cm³/mol. The number of aromatic nitrogens is 1. The van der Waals surface area contributed by atoms with Crippen LogP contribution < -0.4 is 20.5 Å². The lowest BCUT2D eigenvalue weighted by Gasteiger charge is -2.35. The van der Waals surface area contributed by atoms with Gasteiger partial charge in [0.15, 0.2) is 5.92 Å². The SMILES string of the molecule is N#Cc1ccc(N2CCN(C(=O)c3cccc(OCCOC4CNNC(=O)C4C(F)(F)F)c3)CC2)nc1. The molecule has 2 fully saturated rings. The summed E-state index contributed by atoms with van der Waals surface area (Å²) in [4.78, 5) is 32.7. The largest absolute Gasteiger partial charge is 0.491 e. The van der Waals surface area contributed by atoms with Gasteiger partial charge in [0.2, 0.25) is 5.91 Å². The summed E-state index contributed by atoms with van der Waals surface area (Å²) in [7, 11) is 0. The molecule has 2 aromatic rings. The molecule has 37 heavy (non-hydrogen) atoms. The summed E-state index contributed by atoms with van der Waals surface area (Å²) in [5.74, 6) is -2.49. The minimum absolute atomic E-state index is 0.0589. The normalized spacial score (nSPS) is 20.2. The highest BCUT2D eigenvalue weighted by atomic mass is 19.4. The third-order valence-corrected chi connectivity index (χ3v) is 6.05. The van der Waals surface area contributed by atoms with Crippen molar-refractivity contribution in [3.63, 3.8) is 0 Å². The van der Waals surface area contributed by atoms with E-state index in [2.05, 4.69) is 10.4 Å². The number of ether oxygens (including phenoxy) is 2. The first-order valence-electron chi connectivity index (χ1n) is 11.6. The molecule has 4 rings (SSSR count). The van der Waals surface area contributed by atoms with E-state index in [1.54, 1.807) is 41.3 Å². The number of rotatable bonds is 7. The average molecular weight is 518 g/mol. The first kappa shape index (κ1) is 26.2. The highest BCUT2D eigenvalue weighted by Gasteiger charge is 2.52. The summed E-state index contributed by atoms with van der Waals surface area (Å²) in [6, 6.07) is 12.1. The summed E-state index contributed by atoms with van der Waals surface area (Å²) in [6.07, 6.45) is -4.58. The van der Waals surface area contributed by atoms with Gasteiger partial charge in [-0.25, -0.2) is 10.4 Å². The van der Waals surface area contributed by atoms with Gasteiger partial charge in [-0.3, -0.25) is 15.0 Å². The number of amides is 2. The number of carbonyl (C=O) groups excluding carboxylic acids is 2. The lowest BCUT2D eigenvalue weighted by molar-refractivity contribution is -0.213. The van der Waals surface area contributed by atoms with Crippen molar-refractivity contribution in [1.82, 2.24) is 20.7 Å². The van der Waals surface area contributed by atoms with Crippen molar-refractivity contribution in [3.8, 4) is 11.8 Å². The zero-order valence-electron chi connectivity index (χ0n) is 19.7. The van der Waals surface area contributed by atoms with Crippen LogP contribution in [0.3, 0.4) is 0 Å². The summed E-state index contributed by atoms with van der Waals surface area (Å²) < 4.78 is 50.4. The lowest BCUT2D eigenvalue weighted by atomic mass is 9.99. The number of benzene rings is 1. The number of anilines is 1. The van der Waals surface area contributed by atoms with Crippen molar-refractivity contribution >= 4 is 17.6 Å². The maximum absolute atomic E-state index is 13.2. The highest BCUT2D eigenvalue weighted by Crippen LogP contribution is 2.31. The molecule has 0 spiro atoms. The molecule has 1 aromatic carbocycles. The second-order valence-corrected chi connectivity index (χ2v) is 8.47. The van der Waals surface area contributed by atoms with Crippen LogP contribution in [0.15, 0.2) is 42.6 Å². The van der Waals surface area contributed by atoms with Crippen molar-refractivity contribution in [1.29, 1.82) is 5.26 Å². The average Bonchev–Trinajstić information content (AvgIpc) is 2.90. The van der Waals surface area contributed by atoms with Crippen LogP contribution in [0.5, 0.6) is 5.75 Å². The summed E-state index contributed by atoms with van der Waals surface area (Å²) in [5.41, 5.74) is 5.26. The summed E-state index contributed by atoms with van der Waals surface area (Å²) in [5, 5.41) is 8.91. The monoisotopic (exact) mass is 518 g/mol. The van der Waals surface area contributed by atoms with Gasteiger partial charge in [0, 0.05) is 44.5 Å². The van der Waals surface area contributed by atoms with Crippen molar-refractivity contribution in [2.45, 2.75) is 12.3 Å². The molecule has 13 heteroatoms. The van der Waals surface area contributed by atoms with E-state index in [4.69, 9.17) is 14.7 Å². The van der Waals surface area contributed by atoms with Gasteiger partial charge in [-0.05, 0) is 30.3 Å². The Morgan fingerprint density at radius 1 is 1.16 bits per heavy atom. The van der Waals surface area contributed by atoms with E-state index in [1.807, 2.05) is 16.4 Å². The Kier molecular flexibility index (Phi) is 8.10. The zero-order chi connectivity index (χ0) is 26.4. The van der Waals surface area contributed by atoms with Crippen LogP contribution in [0.1, 0.15) is 15.9 Å². The van der Waals surface area contributed by atoms with Gasteiger partial charge in [-0.2, -0.15) is 18.4 Å². The van der Waals surface area contributed by atoms with Gasteiger partial charge < -0.3 is 19.3 Å². The Balaban J connectivity index is 1.26. The number of alkyl halides is 3. The smallest absolute Gasteiger partial charge is 0.403 e. The summed E-state index contributed by atoms with van der Waals surface area (Å²) >= 11 is 0. The molecule has 2 atom stereocenters. The molecule has 2 aliphatic heterocycles. The van der Waals surface area contributed by atoms with Crippen molar-refractivity contribution in [2.24, 2.45) is 5.92 Å². The molecule has 1 aromatic heterocycles. The third-order valence-electron chi connectivity index (χ3n) is 6.05. The van der Waals surface area contributed by atoms with E-state index in [9.17, 15) is 22.8 Å². The molecule has 196 valence electrons. The van der Waals surface area contributed by atoms with Crippen molar-refractivity contribution in [3.05, 3.63) is 53.7 Å². The number of nitrogens with one attached hydrogen (secondary N) is 2. The number of pyridine rings is 1. The molecule has 2 N–H and O–H groups in total. The molecule has 0 bridgehead atoms. The minimum atomic E-state index is -4.73. The van der Waals surface area contributed by atoms with Gasteiger partial charge in [-0.1, -0.05) is 6.07 Å². The Morgan fingerprint density at radius 3 is 2.62 bits per heavy atom. The molecule has 2 aliphatic rings. The van der Waals surface area contributed by atoms with Gasteiger partial charge in [-0.15, -0.1) is 0 Å². The van der Waals surface area contributed by atoms with E-state index in [0.717, 1.165) is 5.82 Å². The van der Waals surface area contributed by atoms with Crippen LogP contribution in [-0.2, 0) is 9.53 Å². The molecule has 3 heterocycles. The van der Waals surface area contributed by atoms with E-state index < -0.39 is 24.1 Å². The molecule has 2 unspecified atom stereocenters. The van der Waals surface area contributed by atoms with Crippen LogP contribution in [0.25, 0.3) is 0 Å². The Labute approximate surface area is 210 Å². The minimum Gasteiger partial charge on any atom is -0.491 e. The predicted octanol–water partition coefficient (Wildman–Crippen LogP) is 1.49. The number of hydrazine groups is 1. The van der Waals surface area contributed by atoms with Crippen molar-refractivity contribution in [2.75, 3.05) is 50.8 Å². The number of carbonyl (C=O) groups is 2. The molecule has 2 amide bonds. The zero-order valence-corrected chi connectivity index (χ0v) is 19.7. The molecule has 0 radical (unpaired) electrons. The van der Waals surface area contributed by atoms with Crippen LogP contribution in [0, 0.1) is 17.2 Å². The molecular formula is C24H25F3N6O4. The van der Waals surface area contributed by atoms with Crippen LogP contribution in [0.4, 0.5) is 19.0 Å². The van der Waals surface area contributed by atoms with Crippen LogP contribution in [-0.4, -0.2) is 79.9 Å². The van der Waals surface area contributed by atoms with Crippen molar-refractivity contribution < 1.29 is 32.2 Å². The van der Waals surface area contributed by atoms with Gasteiger partial charge >= 0.3 is 6.18 Å². The topological polar surface area (TPSA) is 120 Å². The maximum Gasteiger partial charge on any atom is 0.403 e. The highest BCUT2D eigenvalue weighted by molar-refractivity contribution is 5.94. The molecule has 2 saturated heterocycles. The van der Waals surface area contributed by atoms with Crippen LogP contribution >= 0.6 is 0 Å². The fourth-order valence-electron chi connectivity index (χ4n) is 4.16. The standard InChI is InChI=1S/C24H25F3N6O4/c25-24(26,27)21-19(15-30-31-22(21)34)37-11-10-36-18-3-1-2-17(12-18)23(35)33-8-6-32(7-9-33)20-5-4-16(13-28)14-29-20/h1-5,12,14,19,21,30H,6-11,15H2,(H,31,34). The number of halogens is 3. The second-order valence-electron chi connectivity index (χ2n) is 8.47. The molecule has 10 nitrogen and oxygen atoms in total. The number of hydrogen-bond acceptors (Lipinski definition) is 8. The van der Waals surface area contributed by atoms with Gasteiger partial charge in [0.1, 0.15) is 24.2 Å². The van der Waals surface area contributed by atoms with E-state index >= 15 is 0 Å². The number of piperazine rings is 1. The fourth-order valence-corrected chi connectivity index (χ4v) is 4.16. The number of nitriles is 1. The first-order chi connectivity index (χ1) is 17.8. The fraction of sp³-hybridized carbons (Fsp3) is 0.417. The van der Waals surface area contributed by atoms with E-state index in [1.165, 1.54) is 6.20 Å². The lowest BCUT2D eigenvalue weighted by Crippen LogP contribution is -2.60. The van der Waals surface area contributed by atoms with Gasteiger partial charge in [0.25, 0.3) is 5.91 Å². The van der Waals surface area contributed by atoms with Gasteiger partial charge in [0.05, 0.1) is 18.3 Å². The molecule has 0 saturated carbocycles. The quantitative estimate of drug-likeness (QED) is 0.530. The Hall–Kier alpha value is -3.89. The molecule has 0 aliphatic carbocycles. The Bertz CT molecular complexity index is 1150. The molecular weight excluding hydrogens is 493 g/mol. The number of hydrogen-bond donors (Lipinski definition) is 2. The van der Waals surface area contributed by atoms with E-state index in [-0.39, 0.29) is 25.7 Å².